The molecular formula is C24H36N4O3. The maximum atomic E-state index is 13.6. The van der Waals surface area contributed by atoms with Crippen LogP contribution in [-0.4, -0.2) is 65.4 Å². The number of carbonyl (C=O) groups excluding carboxylic acids is 3. The minimum absolute atomic E-state index is 0.0115. The molecule has 4 amide bonds. The van der Waals surface area contributed by atoms with E-state index >= 15 is 0 Å². The van der Waals surface area contributed by atoms with E-state index in [0.717, 1.165) is 25.8 Å². The Morgan fingerprint density at radius 1 is 0.935 bits per heavy atom. The molecule has 2 aliphatic rings. The van der Waals surface area contributed by atoms with Crippen molar-refractivity contribution >= 4 is 17.8 Å². The number of nitrogens with one attached hydrogen (secondary N) is 2. The number of amides is 4. The van der Waals surface area contributed by atoms with Crippen LogP contribution in [0.5, 0.6) is 0 Å². The highest BCUT2D eigenvalue weighted by atomic mass is 16.2. The molecule has 0 unspecified atom stereocenters. The third kappa shape index (κ3) is 5.99. The molecule has 2 fully saturated rings. The number of hydrogen-bond acceptors (Lipinski definition) is 3. The van der Waals surface area contributed by atoms with E-state index in [2.05, 4.69) is 17.6 Å². The third-order valence-corrected chi connectivity index (χ3v) is 6.39. The summed E-state index contributed by atoms with van der Waals surface area (Å²) in [6, 6.07) is 8.69. The SMILES string of the molecule is CC(C)NC(=O)N1CCC([C@@H](NC(=O)c2ccccc2)C(=O)N2CCCC[C@H]2C)CC1. The number of benzene rings is 1. The summed E-state index contributed by atoms with van der Waals surface area (Å²) in [7, 11) is 0. The van der Waals surface area contributed by atoms with Crippen molar-refractivity contribution in [1.82, 2.24) is 20.4 Å². The lowest BCUT2D eigenvalue weighted by atomic mass is 9.87. The molecule has 0 aliphatic carbocycles. The van der Waals surface area contributed by atoms with Gasteiger partial charge >= 0.3 is 6.03 Å². The summed E-state index contributed by atoms with van der Waals surface area (Å²) < 4.78 is 0. The molecule has 2 N–H and O–H groups in total. The normalized spacial score (nSPS) is 21.0. The number of urea groups is 1. The standard InChI is InChI=1S/C24H36N4O3/c1-17(2)25-24(31)27-15-12-19(13-16-27)21(23(30)28-14-8-7-9-18(28)3)26-22(29)20-10-5-4-6-11-20/h4-6,10-11,17-19,21H,7-9,12-16H2,1-3H3,(H,25,31)(H,26,29)/t18-,21-/m1/s1. The Balaban J connectivity index is 1.72. The van der Waals surface area contributed by atoms with Crippen LogP contribution in [0.15, 0.2) is 30.3 Å². The van der Waals surface area contributed by atoms with Gasteiger partial charge in [0.2, 0.25) is 5.91 Å². The Kier molecular flexibility index (Phi) is 7.93. The minimum Gasteiger partial charge on any atom is -0.340 e. The van der Waals surface area contributed by atoms with Crippen molar-refractivity contribution in [2.24, 2.45) is 5.92 Å². The zero-order valence-corrected chi connectivity index (χ0v) is 19.0. The molecule has 31 heavy (non-hydrogen) atoms. The van der Waals surface area contributed by atoms with Gasteiger partial charge in [-0.1, -0.05) is 18.2 Å². The lowest BCUT2D eigenvalue weighted by Gasteiger charge is -2.40. The predicted molar refractivity (Wildman–Crippen MR) is 121 cm³/mol. The molecule has 7 heteroatoms. The highest BCUT2D eigenvalue weighted by molar-refractivity contribution is 5.97. The molecule has 0 bridgehead atoms. The molecule has 1 aromatic rings. The minimum atomic E-state index is -0.566. The van der Waals surface area contributed by atoms with E-state index in [1.54, 1.807) is 17.0 Å². The van der Waals surface area contributed by atoms with E-state index in [-0.39, 0.29) is 35.8 Å². The van der Waals surface area contributed by atoms with Gasteiger partial charge in [0.1, 0.15) is 6.04 Å². The Morgan fingerprint density at radius 3 is 2.23 bits per heavy atom. The summed E-state index contributed by atoms with van der Waals surface area (Å²) in [4.78, 5) is 42.5. The quantitative estimate of drug-likeness (QED) is 0.756. The fourth-order valence-corrected chi connectivity index (χ4v) is 4.57. The third-order valence-electron chi connectivity index (χ3n) is 6.39. The Bertz CT molecular complexity index is 759. The molecule has 7 nitrogen and oxygen atoms in total. The molecular weight excluding hydrogens is 392 g/mol. The zero-order chi connectivity index (χ0) is 22.4. The summed E-state index contributed by atoms with van der Waals surface area (Å²) in [6.45, 7) is 7.89. The molecule has 3 rings (SSSR count). The first-order valence-electron chi connectivity index (χ1n) is 11.6. The van der Waals surface area contributed by atoms with E-state index in [4.69, 9.17) is 0 Å². The van der Waals surface area contributed by atoms with Crippen molar-refractivity contribution in [3.63, 3.8) is 0 Å². The van der Waals surface area contributed by atoms with Crippen LogP contribution in [0, 0.1) is 5.92 Å². The van der Waals surface area contributed by atoms with Gasteiger partial charge < -0.3 is 20.4 Å². The number of carbonyl (C=O) groups is 3. The summed E-state index contributed by atoms with van der Waals surface area (Å²) in [6.07, 6.45) is 4.52. The van der Waals surface area contributed by atoms with E-state index in [9.17, 15) is 14.4 Å². The average Bonchev–Trinajstić information content (AvgIpc) is 2.77. The number of nitrogens with zero attached hydrogens (tertiary/aromatic N) is 2. The Hall–Kier alpha value is -2.57. The van der Waals surface area contributed by atoms with Gasteiger partial charge in [-0.25, -0.2) is 4.79 Å². The first kappa shape index (κ1) is 23.1. The summed E-state index contributed by atoms with van der Waals surface area (Å²) >= 11 is 0. The van der Waals surface area contributed by atoms with Gasteiger partial charge in [-0.15, -0.1) is 0 Å². The number of rotatable bonds is 5. The van der Waals surface area contributed by atoms with Crippen LogP contribution >= 0.6 is 0 Å². The van der Waals surface area contributed by atoms with Gasteiger partial charge in [0, 0.05) is 37.3 Å². The molecule has 2 aliphatic heterocycles. The van der Waals surface area contributed by atoms with Crippen molar-refractivity contribution in [3.05, 3.63) is 35.9 Å². The van der Waals surface area contributed by atoms with Gasteiger partial charge in [0.05, 0.1) is 0 Å². The van der Waals surface area contributed by atoms with Crippen LogP contribution < -0.4 is 10.6 Å². The molecule has 0 saturated carbocycles. The number of piperidine rings is 2. The molecule has 1 aromatic carbocycles. The molecule has 2 saturated heterocycles. The van der Waals surface area contributed by atoms with Crippen molar-refractivity contribution in [3.8, 4) is 0 Å². The number of likely N-dealkylation sites (tertiary alicyclic amines) is 2. The molecule has 0 aromatic heterocycles. The van der Waals surface area contributed by atoms with E-state index in [1.807, 2.05) is 36.9 Å². The maximum absolute atomic E-state index is 13.6. The van der Waals surface area contributed by atoms with Gasteiger partial charge in [-0.05, 0) is 70.9 Å². The van der Waals surface area contributed by atoms with Crippen LogP contribution in [0.3, 0.4) is 0 Å². The average molecular weight is 429 g/mol. The highest BCUT2D eigenvalue weighted by Crippen LogP contribution is 2.25. The fraction of sp³-hybridized carbons (Fsp3) is 0.625. The second-order valence-corrected chi connectivity index (χ2v) is 9.12. The van der Waals surface area contributed by atoms with Crippen molar-refractivity contribution < 1.29 is 14.4 Å². The molecule has 2 atom stereocenters. The van der Waals surface area contributed by atoms with Crippen LogP contribution in [0.1, 0.15) is 63.2 Å². The zero-order valence-electron chi connectivity index (χ0n) is 19.0. The monoisotopic (exact) mass is 428 g/mol. The summed E-state index contributed by atoms with van der Waals surface area (Å²) in [5, 5.41) is 5.98. The second kappa shape index (κ2) is 10.6. The largest absolute Gasteiger partial charge is 0.340 e. The van der Waals surface area contributed by atoms with Crippen LogP contribution in [0.4, 0.5) is 4.79 Å². The molecule has 0 radical (unpaired) electrons. The Labute approximate surface area is 185 Å². The van der Waals surface area contributed by atoms with Gasteiger partial charge in [-0.3, -0.25) is 9.59 Å². The Morgan fingerprint density at radius 2 is 1.61 bits per heavy atom. The van der Waals surface area contributed by atoms with E-state index in [1.165, 1.54) is 0 Å². The first-order chi connectivity index (χ1) is 14.9. The topological polar surface area (TPSA) is 81.8 Å². The van der Waals surface area contributed by atoms with Crippen molar-refractivity contribution in [1.29, 1.82) is 0 Å². The van der Waals surface area contributed by atoms with Gasteiger partial charge in [0.25, 0.3) is 5.91 Å². The predicted octanol–water partition coefficient (Wildman–Crippen LogP) is 3.02. The van der Waals surface area contributed by atoms with Crippen molar-refractivity contribution in [2.75, 3.05) is 19.6 Å². The maximum Gasteiger partial charge on any atom is 0.317 e. The lowest BCUT2D eigenvalue weighted by Crippen LogP contribution is -2.57. The summed E-state index contributed by atoms with van der Waals surface area (Å²) in [5.74, 6) is -0.192. The summed E-state index contributed by atoms with van der Waals surface area (Å²) in [5.41, 5.74) is 0.556. The van der Waals surface area contributed by atoms with E-state index < -0.39 is 6.04 Å². The highest BCUT2D eigenvalue weighted by Gasteiger charge is 2.38. The van der Waals surface area contributed by atoms with Crippen LogP contribution in [0.25, 0.3) is 0 Å². The van der Waals surface area contributed by atoms with Crippen molar-refractivity contribution in [2.45, 2.75) is 71.0 Å². The van der Waals surface area contributed by atoms with Crippen LogP contribution in [-0.2, 0) is 4.79 Å². The molecule has 170 valence electrons. The number of hydrogen-bond donors (Lipinski definition) is 2. The van der Waals surface area contributed by atoms with Crippen LogP contribution in [0.2, 0.25) is 0 Å². The molecule has 2 heterocycles. The van der Waals surface area contributed by atoms with Gasteiger partial charge in [-0.2, -0.15) is 0 Å². The van der Waals surface area contributed by atoms with E-state index in [0.29, 0.717) is 31.5 Å². The first-order valence-corrected chi connectivity index (χ1v) is 11.6. The fourth-order valence-electron chi connectivity index (χ4n) is 4.57. The smallest absolute Gasteiger partial charge is 0.317 e. The molecule has 0 spiro atoms. The van der Waals surface area contributed by atoms with Gasteiger partial charge in [0.15, 0.2) is 0 Å². The lowest BCUT2D eigenvalue weighted by molar-refractivity contribution is -0.138. The second-order valence-electron chi connectivity index (χ2n) is 9.12.